The summed E-state index contributed by atoms with van der Waals surface area (Å²) in [6.07, 6.45) is -2.13. The van der Waals surface area contributed by atoms with E-state index in [2.05, 4.69) is 15.4 Å². The average Bonchev–Trinajstić information content (AvgIpc) is 3.50. The Morgan fingerprint density at radius 3 is 2.42 bits per heavy atom. The van der Waals surface area contributed by atoms with Crippen LogP contribution >= 0.6 is 0 Å². The lowest BCUT2D eigenvalue weighted by molar-refractivity contribution is -0.141. The summed E-state index contributed by atoms with van der Waals surface area (Å²) in [5, 5.41) is 7.12. The predicted molar refractivity (Wildman–Crippen MR) is 124 cm³/mol. The fourth-order valence-corrected chi connectivity index (χ4v) is 6.01. The third-order valence-electron chi connectivity index (χ3n) is 6.47. The van der Waals surface area contributed by atoms with Gasteiger partial charge in [0, 0.05) is 37.2 Å². The number of alkyl halides is 4. The number of hydrogen-bond donors (Lipinski definition) is 1. The normalized spacial score (nSPS) is 20.6. The number of halogens is 5. The van der Waals surface area contributed by atoms with Crippen molar-refractivity contribution < 1.29 is 35.2 Å². The summed E-state index contributed by atoms with van der Waals surface area (Å²) in [5.41, 5.74) is 0.524. The zero-order valence-electron chi connectivity index (χ0n) is 19.7. The summed E-state index contributed by atoms with van der Waals surface area (Å²) in [4.78, 5) is 16.2. The molecule has 1 aromatic carbocycles. The lowest BCUT2D eigenvalue weighted by Gasteiger charge is -2.23. The maximum atomic E-state index is 14.3. The van der Waals surface area contributed by atoms with Crippen molar-refractivity contribution in [1.82, 2.24) is 24.4 Å². The van der Waals surface area contributed by atoms with Crippen LogP contribution in [0.5, 0.6) is 0 Å². The Balaban J connectivity index is 1.33. The van der Waals surface area contributed by atoms with Gasteiger partial charge in [-0.3, -0.25) is 4.79 Å². The molecule has 5 rings (SSSR count). The van der Waals surface area contributed by atoms with E-state index in [9.17, 15) is 35.2 Å². The van der Waals surface area contributed by atoms with E-state index in [0.717, 1.165) is 53.7 Å². The topological polar surface area (TPSA) is 97.2 Å². The highest BCUT2D eigenvalue weighted by Gasteiger charge is 2.44. The average molecular weight is 556 g/mol. The van der Waals surface area contributed by atoms with Crippen molar-refractivity contribution in [2.75, 3.05) is 6.54 Å². The molecule has 2 aliphatic rings. The van der Waals surface area contributed by atoms with Crippen LogP contribution in [0.1, 0.15) is 42.1 Å². The van der Waals surface area contributed by atoms with Gasteiger partial charge in [0.1, 0.15) is 23.7 Å². The van der Waals surface area contributed by atoms with Crippen LogP contribution in [-0.4, -0.2) is 52.2 Å². The van der Waals surface area contributed by atoms with E-state index in [-0.39, 0.29) is 23.8 Å². The molecule has 38 heavy (non-hydrogen) atoms. The largest absolute Gasteiger partial charge is 0.433 e. The molecule has 0 bridgehead atoms. The first kappa shape index (κ1) is 26.2. The number of nitrogens with zero attached hydrogens (tertiary/aromatic N) is 4. The van der Waals surface area contributed by atoms with Crippen LogP contribution in [0, 0.1) is 5.82 Å². The number of sulfonamides is 1. The molecule has 2 fully saturated rings. The first-order chi connectivity index (χ1) is 17.9. The summed E-state index contributed by atoms with van der Waals surface area (Å²) in [5.74, 6) is -1.22. The zero-order chi connectivity index (χ0) is 27.2. The van der Waals surface area contributed by atoms with Gasteiger partial charge in [-0.25, -0.2) is 26.9 Å². The van der Waals surface area contributed by atoms with Gasteiger partial charge in [-0.15, -0.1) is 0 Å². The number of amides is 1. The van der Waals surface area contributed by atoms with E-state index >= 15 is 0 Å². The third-order valence-corrected chi connectivity index (χ3v) is 8.36. The maximum absolute atomic E-state index is 14.3. The van der Waals surface area contributed by atoms with Crippen LogP contribution in [0.4, 0.5) is 22.0 Å². The van der Waals surface area contributed by atoms with Gasteiger partial charge in [0.2, 0.25) is 15.9 Å². The molecule has 3 heterocycles. The first-order valence-electron chi connectivity index (χ1n) is 11.7. The van der Waals surface area contributed by atoms with E-state index in [4.69, 9.17) is 0 Å². The van der Waals surface area contributed by atoms with Gasteiger partial charge >= 0.3 is 6.18 Å². The molecule has 1 saturated carbocycles. The molecule has 1 aliphatic carbocycles. The van der Waals surface area contributed by atoms with Gasteiger partial charge in [0.15, 0.2) is 0 Å². The highest BCUT2D eigenvalue weighted by Crippen LogP contribution is 2.41. The molecule has 202 valence electrons. The molecule has 0 radical (unpaired) electrons. The van der Waals surface area contributed by atoms with E-state index in [1.165, 1.54) is 10.7 Å². The van der Waals surface area contributed by atoms with Crippen molar-refractivity contribution in [2.24, 2.45) is 0 Å². The predicted octanol–water partition coefficient (Wildman–Crippen LogP) is 3.72. The molecule has 1 N–H and O–H groups in total. The Bertz CT molecular complexity index is 1440. The van der Waals surface area contributed by atoms with Crippen molar-refractivity contribution in [3.05, 3.63) is 71.6 Å². The number of carbonyl (C=O) groups excluding carboxylic acids is 1. The van der Waals surface area contributed by atoms with E-state index in [1.807, 2.05) is 0 Å². The molecule has 1 amide bonds. The number of aromatic nitrogens is 3. The monoisotopic (exact) mass is 555 g/mol. The van der Waals surface area contributed by atoms with Crippen LogP contribution in [0.3, 0.4) is 0 Å². The minimum atomic E-state index is -4.58. The molecule has 0 spiro atoms. The molecule has 1 aliphatic heterocycles. The molecule has 2 atom stereocenters. The Labute approximate surface area is 214 Å². The highest BCUT2D eigenvalue weighted by atomic mass is 32.2. The number of rotatable bonds is 7. The molecule has 14 heteroatoms. The minimum absolute atomic E-state index is 0.0450. The molecule has 1 saturated heterocycles. The van der Waals surface area contributed by atoms with Crippen LogP contribution in [0.2, 0.25) is 0 Å². The highest BCUT2D eigenvalue weighted by molar-refractivity contribution is 7.89. The molecule has 2 unspecified atom stereocenters. The third kappa shape index (κ3) is 5.27. The second-order valence-corrected chi connectivity index (χ2v) is 11.1. The van der Waals surface area contributed by atoms with E-state index in [1.54, 1.807) is 6.20 Å². The smallest absolute Gasteiger partial charge is 0.350 e. The van der Waals surface area contributed by atoms with Gasteiger partial charge < -0.3 is 5.32 Å². The molecule has 3 aromatic rings. The van der Waals surface area contributed by atoms with Crippen LogP contribution in [0.25, 0.3) is 5.69 Å². The minimum Gasteiger partial charge on any atom is -0.350 e. The van der Waals surface area contributed by atoms with Gasteiger partial charge in [-0.05, 0) is 49.2 Å². The number of carbonyl (C=O) groups is 1. The molecule has 8 nitrogen and oxygen atoms in total. The summed E-state index contributed by atoms with van der Waals surface area (Å²) >= 11 is 0. The number of pyridine rings is 1. The fraction of sp³-hybridized carbons (Fsp3) is 0.375. The van der Waals surface area contributed by atoms with Crippen LogP contribution in [-0.2, 0) is 27.5 Å². The lowest BCUT2D eigenvalue weighted by atomic mass is 10.1. The second-order valence-electron chi connectivity index (χ2n) is 9.25. The van der Waals surface area contributed by atoms with Crippen molar-refractivity contribution in [3.8, 4) is 5.69 Å². The quantitative estimate of drug-likeness (QED) is 0.449. The molecular weight excluding hydrogens is 533 g/mol. The summed E-state index contributed by atoms with van der Waals surface area (Å²) in [6, 6.07) is 4.81. The summed E-state index contributed by atoms with van der Waals surface area (Å²) in [6.45, 7) is -0.555. The summed E-state index contributed by atoms with van der Waals surface area (Å²) in [7, 11) is -4.26. The number of nitrogens with one attached hydrogen (secondary N) is 1. The summed E-state index contributed by atoms with van der Waals surface area (Å²) < 4.78 is 94.3. The Kier molecular flexibility index (Phi) is 6.71. The number of benzene rings is 1. The maximum Gasteiger partial charge on any atom is 0.433 e. The van der Waals surface area contributed by atoms with Gasteiger partial charge in [0.05, 0.1) is 22.5 Å². The van der Waals surface area contributed by atoms with Gasteiger partial charge in [-0.1, -0.05) is 0 Å². The zero-order valence-corrected chi connectivity index (χ0v) is 20.5. The van der Waals surface area contributed by atoms with Crippen LogP contribution < -0.4 is 5.32 Å². The van der Waals surface area contributed by atoms with Crippen molar-refractivity contribution in [3.63, 3.8) is 0 Å². The number of hydrogen-bond acceptors (Lipinski definition) is 5. The van der Waals surface area contributed by atoms with E-state index < -0.39 is 52.4 Å². The Hall–Kier alpha value is -3.39. The molecular formula is C24H22F5N5O3S. The standard InChI is InChI=1S/C24H22F5N5O3S/c25-16-3-6-19(7-4-16)38(36,37)34-13-17(26)9-20(34)23(35)31-10-15-12-33(32-22(15)14-1-2-14)18-5-8-21(30-11-18)24(27,28)29/h3-8,11-12,14,17,20H,1-2,9-10,13H2,(H,31,35). The van der Waals surface area contributed by atoms with Crippen LogP contribution in [0.15, 0.2) is 53.7 Å². The first-order valence-corrected chi connectivity index (χ1v) is 13.2. The lowest BCUT2D eigenvalue weighted by Crippen LogP contribution is -2.45. The van der Waals surface area contributed by atoms with E-state index in [0.29, 0.717) is 16.9 Å². The van der Waals surface area contributed by atoms with Gasteiger partial charge in [-0.2, -0.15) is 22.6 Å². The van der Waals surface area contributed by atoms with Crippen molar-refractivity contribution in [2.45, 2.75) is 55.0 Å². The second kappa shape index (κ2) is 9.73. The fourth-order valence-electron chi connectivity index (χ4n) is 4.38. The van der Waals surface area contributed by atoms with Crippen molar-refractivity contribution in [1.29, 1.82) is 0 Å². The Morgan fingerprint density at radius 1 is 1.11 bits per heavy atom. The Morgan fingerprint density at radius 2 is 1.82 bits per heavy atom. The van der Waals surface area contributed by atoms with Gasteiger partial charge in [0.25, 0.3) is 0 Å². The van der Waals surface area contributed by atoms with Crippen molar-refractivity contribution >= 4 is 15.9 Å². The molecule has 2 aromatic heterocycles. The SMILES string of the molecule is O=C(NCc1cn(-c2ccc(C(F)(F)F)nc2)nc1C1CC1)C1CC(F)CN1S(=O)(=O)c1ccc(F)cc1.